The highest BCUT2D eigenvalue weighted by Gasteiger charge is 2.34. The van der Waals surface area contributed by atoms with Crippen molar-refractivity contribution in [2.75, 3.05) is 4.90 Å². The molecule has 0 aromatic heterocycles. The molecule has 1 heterocycles. The summed E-state index contributed by atoms with van der Waals surface area (Å²) in [4.78, 5) is 27.3. The molecule has 5 rings (SSSR count). The zero-order valence-electron chi connectivity index (χ0n) is 18.4. The van der Waals surface area contributed by atoms with Gasteiger partial charge in [0.05, 0.1) is 5.69 Å². The SMILES string of the molecule is O=C1NC(=S)N(c2ccc(Cl)cc2)C(=O)C1=Cc1ccccc1OCc1cccc2ccccc12. The van der Waals surface area contributed by atoms with Crippen molar-refractivity contribution in [2.24, 2.45) is 0 Å². The maximum Gasteiger partial charge on any atom is 0.270 e. The Morgan fingerprint density at radius 3 is 2.43 bits per heavy atom. The molecule has 35 heavy (non-hydrogen) atoms. The Morgan fingerprint density at radius 1 is 0.886 bits per heavy atom. The topological polar surface area (TPSA) is 58.6 Å². The number of halogens is 1. The zero-order valence-corrected chi connectivity index (χ0v) is 20.0. The Bertz CT molecular complexity index is 1490. The third-order valence-corrected chi connectivity index (χ3v) is 6.21. The Hall–Kier alpha value is -4.00. The molecule has 1 aliphatic rings. The number of hydrogen-bond acceptors (Lipinski definition) is 4. The number of amides is 2. The van der Waals surface area contributed by atoms with Crippen LogP contribution in [-0.2, 0) is 16.2 Å². The monoisotopic (exact) mass is 498 g/mol. The summed E-state index contributed by atoms with van der Waals surface area (Å²) < 4.78 is 6.15. The van der Waals surface area contributed by atoms with E-state index in [-0.39, 0.29) is 10.7 Å². The van der Waals surface area contributed by atoms with Crippen molar-refractivity contribution in [3.05, 3.63) is 113 Å². The molecule has 0 bridgehead atoms. The minimum Gasteiger partial charge on any atom is -0.488 e. The van der Waals surface area contributed by atoms with Gasteiger partial charge in [-0.05, 0) is 65.0 Å². The summed E-state index contributed by atoms with van der Waals surface area (Å²) >= 11 is 11.2. The van der Waals surface area contributed by atoms with Crippen molar-refractivity contribution in [1.29, 1.82) is 0 Å². The molecule has 172 valence electrons. The van der Waals surface area contributed by atoms with E-state index in [2.05, 4.69) is 23.5 Å². The first kappa shape index (κ1) is 22.8. The number of anilines is 1. The number of para-hydroxylation sites is 1. The molecule has 0 aliphatic carbocycles. The molecular weight excluding hydrogens is 480 g/mol. The van der Waals surface area contributed by atoms with Crippen molar-refractivity contribution in [3.63, 3.8) is 0 Å². The summed E-state index contributed by atoms with van der Waals surface area (Å²) in [5.41, 5.74) is 2.11. The van der Waals surface area contributed by atoms with E-state index in [1.807, 2.05) is 42.5 Å². The van der Waals surface area contributed by atoms with Gasteiger partial charge in [0.1, 0.15) is 17.9 Å². The summed E-state index contributed by atoms with van der Waals surface area (Å²) in [6, 6.07) is 28.1. The van der Waals surface area contributed by atoms with Crippen molar-refractivity contribution in [3.8, 4) is 5.75 Å². The van der Waals surface area contributed by atoms with E-state index in [1.165, 1.54) is 11.0 Å². The van der Waals surface area contributed by atoms with Crippen LogP contribution in [-0.4, -0.2) is 16.9 Å². The number of hydrogen-bond donors (Lipinski definition) is 1. The number of benzene rings is 4. The van der Waals surface area contributed by atoms with Gasteiger partial charge in [0, 0.05) is 10.6 Å². The smallest absolute Gasteiger partial charge is 0.270 e. The number of nitrogens with zero attached hydrogens (tertiary/aromatic N) is 1. The maximum atomic E-state index is 13.3. The normalized spacial score (nSPS) is 14.9. The van der Waals surface area contributed by atoms with Gasteiger partial charge in [0.25, 0.3) is 11.8 Å². The van der Waals surface area contributed by atoms with Gasteiger partial charge >= 0.3 is 0 Å². The van der Waals surface area contributed by atoms with Crippen LogP contribution >= 0.6 is 23.8 Å². The Morgan fingerprint density at radius 2 is 1.60 bits per heavy atom. The third kappa shape index (κ3) is 4.67. The number of carbonyl (C=O) groups excluding carboxylic acids is 2. The van der Waals surface area contributed by atoms with Crippen LogP contribution in [0, 0.1) is 0 Å². The Balaban J connectivity index is 1.45. The summed E-state index contributed by atoms with van der Waals surface area (Å²) in [6.45, 7) is 0.336. The van der Waals surface area contributed by atoms with Gasteiger partial charge < -0.3 is 4.74 Å². The fourth-order valence-electron chi connectivity index (χ4n) is 3.94. The van der Waals surface area contributed by atoms with Crippen molar-refractivity contribution in [2.45, 2.75) is 6.61 Å². The van der Waals surface area contributed by atoms with Gasteiger partial charge in [-0.2, -0.15) is 0 Å². The Labute approximate surface area is 212 Å². The van der Waals surface area contributed by atoms with Gasteiger partial charge in [-0.15, -0.1) is 0 Å². The van der Waals surface area contributed by atoms with Gasteiger partial charge in [0.2, 0.25) is 0 Å². The lowest BCUT2D eigenvalue weighted by molar-refractivity contribution is -0.122. The molecule has 5 nitrogen and oxygen atoms in total. The highest BCUT2D eigenvalue weighted by atomic mass is 35.5. The summed E-state index contributed by atoms with van der Waals surface area (Å²) in [5.74, 6) is -0.529. The average Bonchev–Trinajstić information content (AvgIpc) is 2.87. The first-order valence-electron chi connectivity index (χ1n) is 10.9. The number of thiocarbonyl (C=S) groups is 1. The van der Waals surface area contributed by atoms with Crippen LogP contribution in [0.4, 0.5) is 5.69 Å². The maximum absolute atomic E-state index is 13.3. The minimum absolute atomic E-state index is 0.0139. The zero-order chi connectivity index (χ0) is 24.4. The summed E-state index contributed by atoms with van der Waals surface area (Å²) in [6.07, 6.45) is 1.53. The fourth-order valence-corrected chi connectivity index (χ4v) is 4.35. The average molecular weight is 499 g/mol. The molecule has 1 saturated heterocycles. The lowest BCUT2D eigenvalue weighted by atomic mass is 10.0. The van der Waals surface area contributed by atoms with Crippen LogP contribution in [0.2, 0.25) is 5.02 Å². The molecule has 0 spiro atoms. The first-order chi connectivity index (χ1) is 17.0. The number of carbonyl (C=O) groups is 2. The quantitative estimate of drug-likeness (QED) is 0.211. The number of fused-ring (bicyclic) bond motifs is 1. The van der Waals surface area contributed by atoms with E-state index in [0.717, 1.165) is 16.3 Å². The molecule has 0 unspecified atom stereocenters. The van der Waals surface area contributed by atoms with Crippen molar-refractivity contribution in [1.82, 2.24) is 5.32 Å². The highest BCUT2D eigenvalue weighted by Crippen LogP contribution is 2.27. The van der Waals surface area contributed by atoms with E-state index >= 15 is 0 Å². The van der Waals surface area contributed by atoms with Crippen LogP contribution < -0.4 is 15.0 Å². The van der Waals surface area contributed by atoms with Gasteiger partial charge in [-0.3, -0.25) is 19.8 Å². The molecule has 1 N–H and O–H groups in total. The van der Waals surface area contributed by atoms with E-state index in [1.54, 1.807) is 30.3 Å². The standard InChI is InChI=1S/C28H19ClN2O3S/c29-21-12-14-22(15-13-21)31-27(33)24(26(32)30-28(31)35)16-19-7-2-4-11-25(19)34-17-20-9-5-8-18-6-1-3-10-23(18)20/h1-16H,17H2,(H,30,32,35). The predicted molar refractivity (Wildman–Crippen MR) is 142 cm³/mol. The molecule has 0 saturated carbocycles. The molecular formula is C28H19ClN2O3S. The highest BCUT2D eigenvalue weighted by molar-refractivity contribution is 7.80. The molecule has 4 aromatic carbocycles. The van der Waals surface area contributed by atoms with Crippen LogP contribution in [0.5, 0.6) is 5.75 Å². The molecule has 1 aliphatic heterocycles. The van der Waals surface area contributed by atoms with Crippen molar-refractivity contribution < 1.29 is 14.3 Å². The Kier molecular flexibility index (Phi) is 6.31. The van der Waals surface area contributed by atoms with E-state index < -0.39 is 11.8 Å². The predicted octanol–water partition coefficient (Wildman–Crippen LogP) is 5.90. The largest absolute Gasteiger partial charge is 0.488 e. The lowest BCUT2D eigenvalue weighted by Crippen LogP contribution is -2.54. The number of ether oxygens (including phenoxy) is 1. The van der Waals surface area contributed by atoms with E-state index in [9.17, 15) is 9.59 Å². The third-order valence-electron chi connectivity index (χ3n) is 5.67. The molecule has 4 aromatic rings. The van der Waals surface area contributed by atoms with E-state index in [0.29, 0.717) is 28.6 Å². The molecule has 0 radical (unpaired) electrons. The molecule has 7 heteroatoms. The van der Waals surface area contributed by atoms with Gasteiger partial charge in [-0.25, -0.2) is 0 Å². The van der Waals surface area contributed by atoms with Crippen LogP contribution in [0.3, 0.4) is 0 Å². The molecule has 1 fully saturated rings. The second-order valence-corrected chi connectivity index (χ2v) is 8.72. The summed E-state index contributed by atoms with van der Waals surface area (Å²) in [7, 11) is 0. The van der Waals surface area contributed by atoms with Crippen LogP contribution in [0.1, 0.15) is 11.1 Å². The first-order valence-corrected chi connectivity index (χ1v) is 11.7. The van der Waals surface area contributed by atoms with Crippen molar-refractivity contribution >= 4 is 63.3 Å². The molecule has 0 atom stereocenters. The van der Waals surface area contributed by atoms with Crippen LogP contribution in [0.15, 0.2) is 96.6 Å². The van der Waals surface area contributed by atoms with Gasteiger partial charge in [-0.1, -0.05) is 72.3 Å². The fraction of sp³-hybridized carbons (Fsp3) is 0.0357. The van der Waals surface area contributed by atoms with Crippen LogP contribution in [0.25, 0.3) is 16.8 Å². The van der Waals surface area contributed by atoms with E-state index in [4.69, 9.17) is 28.6 Å². The number of nitrogens with one attached hydrogen (secondary N) is 1. The second-order valence-electron chi connectivity index (χ2n) is 7.90. The van der Waals surface area contributed by atoms with Gasteiger partial charge in [0.15, 0.2) is 5.11 Å². The number of rotatable bonds is 5. The second kappa shape index (κ2) is 9.70. The lowest BCUT2D eigenvalue weighted by Gasteiger charge is -2.29. The molecule has 2 amide bonds. The summed E-state index contributed by atoms with van der Waals surface area (Å²) in [5, 5.41) is 5.38. The minimum atomic E-state index is -0.561.